The molecule has 0 bridgehead atoms. The maximum absolute atomic E-state index is 11.5. The lowest BCUT2D eigenvalue weighted by Crippen LogP contribution is -2.26. The normalized spacial score (nSPS) is 16.1. The molecule has 0 saturated heterocycles. The molecule has 0 radical (unpaired) electrons. The van der Waals surface area contributed by atoms with Gasteiger partial charge in [-0.1, -0.05) is 6.42 Å². The summed E-state index contributed by atoms with van der Waals surface area (Å²) in [6.07, 6.45) is 5.41. The molecule has 76 valence electrons. The number of fused-ring (bicyclic) bond motifs is 1. The van der Waals surface area contributed by atoms with Crippen LogP contribution in [0.2, 0.25) is 0 Å². The number of anilines is 1. The van der Waals surface area contributed by atoms with E-state index in [2.05, 4.69) is 4.98 Å². The first-order valence-electron chi connectivity index (χ1n) is 5.04. The lowest BCUT2D eigenvalue weighted by atomic mass is 10.2. The van der Waals surface area contributed by atoms with Gasteiger partial charge in [-0.05, 0) is 25.7 Å². The average Bonchev–Trinajstić information content (AvgIpc) is 2.39. The average molecular weight is 193 g/mol. The molecule has 4 nitrogen and oxygen atoms in total. The maximum Gasteiger partial charge on any atom is 0.293 e. The maximum atomic E-state index is 11.5. The van der Waals surface area contributed by atoms with Gasteiger partial charge in [-0.2, -0.15) is 0 Å². The number of nitrogens with two attached hydrogens (primary N) is 1. The van der Waals surface area contributed by atoms with E-state index < -0.39 is 0 Å². The van der Waals surface area contributed by atoms with Gasteiger partial charge >= 0.3 is 0 Å². The van der Waals surface area contributed by atoms with Crippen molar-refractivity contribution in [1.29, 1.82) is 0 Å². The monoisotopic (exact) mass is 193 g/mol. The summed E-state index contributed by atoms with van der Waals surface area (Å²) in [6, 6.07) is 0. The van der Waals surface area contributed by atoms with Gasteiger partial charge in [-0.3, -0.25) is 4.79 Å². The van der Waals surface area contributed by atoms with Crippen molar-refractivity contribution in [2.45, 2.75) is 32.1 Å². The molecule has 0 atom stereocenters. The Labute approximate surface area is 82.8 Å². The molecule has 0 aromatic carbocycles. The summed E-state index contributed by atoms with van der Waals surface area (Å²) >= 11 is 0. The van der Waals surface area contributed by atoms with Gasteiger partial charge in [0.25, 0.3) is 5.56 Å². The van der Waals surface area contributed by atoms with Crippen molar-refractivity contribution in [3.63, 3.8) is 0 Å². The van der Waals surface area contributed by atoms with Crippen LogP contribution in [-0.4, -0.2) is 9.55 Å². The molecule has 2 rings (SSSR count). The van der Waals surface area contributed by atoms with E-state index in [-0.39, 0.29) is 11.4 Å². The van der Waals surface area contributed by atoms with Crippen molar-refractivity contribution in [3.8, 4) is 0 Å². The number of hydrogen-bond acceptors (Lipinski definition) is 3. The van der Waals surface area contributed by atoms with Crippen LogP contribution in [0.1, 0.15) is 30.7 Å². The first-order chi connectivity index (χ1) is 6.70. The van der Waals surface area contributed by atoms with Crippen molar-refractivity contribution in [1.82, 2.24) is 9.55 Å². The molecular formula is C10H15N3O. The van der Waals surface area contributed by atoms with Gasteiger partial charge < -0.3 is 10.3 Å². The highest BCUT2D eigenvalue weighted by Gasteiger charge is 2.14. The summed E-state index contributed by atoms with van der Waals surface area (Å²) in [7, 11) is 1.78. The van der Waals surface area contributed by atoms with E-state index in [1.165, 1.54) is 6.42 Å². The molecule has 1 aliphatic carbocycles. The number of aryl methyl sites for hydroxylation is 1. The second-order valence-corrected chi connectivity index (χ2v) is 3.82. The van der Waals surface area contributed by atoms with Gasteiger partial charge in [0, 0.05) is 12.7 Å². The van der Waals surface area contributed by atoms with Gasteiger partial charge in [0.15, 0.2) is 5.82 Å². The molecular weight excluding hydrogens is 178 g/mol. The molecule has 1 heterocycles. The zero-order chi connectivity index (χ0) is 10.1. The Kier molecular flexibility index (Phi) is 2.27. The number of rotatable bonds is 0. The first kappa shape index (κ1) is 9.24. The molecule has 1 aromatic rings. The highest BCUT2D eigenvalue weighted by atomic mass is 16.1. The van der Waals surface area contributed by atoms with Gasteiger partial charge in [0.05, 0.1) is 5.69 Å². The van der Waals surface area contributed by atoms with Crippen molar-refractivity contribution in [2.24, 2.45) is 7.05 Å². The molecule has 0 unspecified atom stereocenters. The zero-order valence-corrected chi connectivity index (χ0v) is 8.42. The second kappa shape index (κ2) is 3.44. The summed E-state index contributed by atoms with van der Waals surface area (Å²) in [4.78, 5) is 15.7. The third-order valence-corrected chi connectivity index (χ3v) is 2.84. The molecule has 0 spiro atoms. The number of hydrogen-bond donors (Lipinski definition) is 1. The van der Waals surface area contributed by atoms with Crippen LogP contribution in [0, 0.1) is 0 Å². The molecule has 1 aliphatic rings. The summed E-state index contributed by atoms with van der Waals surface area (Å²) in [5.74, 6) is 0.133. The lowest BCUT2D eigenvalue weighted by Gasteiger charge is -2.10. The summed E-state index contributed by atoms with van der Waals surface area (Å²) in [5, 5.41) is 0. The van der Waals surface area contributed by atoms with E-state index >= 15 is 0 Å². The Bertz CT molecular complexity index is 409. The molecule has 0 fully saturated rings. The highest BCUT2D eigenvalue weighted by molar-refractivity contribution is 5.29. The van der Waals surface area contributed by atoms with E-state index in [0.717, 1.165) is 37.1 Å². The van der Waals surface area contributed by atoms with E-state index in [4.69, 9.17) is 5.73 Å². The first-order valence-corrected chi connectivity index (χ1v) is 5.04. The quantitative estimate of drug-likeness (QED) is 0.615. The van der Waals surface area contributed by atoms with Gasteiger partial charge in [-0.25, -0.2) is 4.98 Å². The third-order valence-electron chi connectivity index (χ3n) is 2.84. The fourth-order valence-electron chi connectivity index (χ4n) is 2.02. The molecule has 14 heavy (non-hydrogen) atoms. The topological polar surface area (TPSA) is 60.9 Å². The van der Waals surface area contributed by atoms with Crippen molar-refractivity contribution >= 4 is 5.82 Å². The number of nitrogens with zero attached hydrogens (tertiary/aromatic N) is 2. The van der Waals surface area contributed by atoms with Crippen LogP contribution in [0.4, 0.5) is 5.82 Å². The van der Waals surface area contributed by atoms with E-state index in [1.54, 1.807) is 11.6 Å². The summed E-state index contributed by atoms with van der Waals surface area (Å²) < 4.78 is 1.66. The molecule has 0 saturated carbocycles. The van der Waals surface area contributed by atoms with Crippen molar-refractivity contribution < 1.29 is 0 Å². The van der Waals surface area contributed by atoms with Crippen molar-refractivity contribution in [3.05, 3.63) is 21.7 Å². The van der Waals surface area contributed by atoms with Crippen LogP contribution in [0.5, 0.6) is 0 Å². The van der Waals surface area contributed by atoms with Crippen LogP contribution in [0.25, 0.3) is 0 Å². The van der Waals surface area contributed by atoms with E-state index in [1.807, 2.05) is 0 Å². The Hall–Kier alpha value is -1.32. The predicted molar refractivity (Wildman–Crippen MR) is 55.1 cm³/mol. The standard InChI is InChI=1S/C10H15N3O/c1-13-8-6-4-2-3-5-7(8)12-9(11)10(13)14/h2-6H2,1H3,(H2,11,12). The Morgan fingerprint density at radius 3 is 2.79 bits per heavy atom. The van der Waals surface area contributed by atoms with Crippen LogP contribution in [-0.2, 0) is 19.9 Å². The Morgan fingerprint density at radius 1 is 1.29 bits per heavy atom. The second-order valence-electron chi connectivity index (χ2n) is 3.82. The fraction of sp³-hybridized carbons (Fsp3) is 0.600. The number of aromatic nitrogens is 2. The third kappa shape index (κ3) is 1.41. The van der Waals surface area contributed by atoms with Crippen LogP contribution in [0.15, 0.2) is 4.79 Å². The summed E-state index contributed by atoms with van der Waals surface area (Å²) in [5.41, 5.74) is 7.48. The van der Waals surface area contributed by atoms with Gasteiger partial charge in [0.2, 0.25) is 0 Å². The minimum absolute atomic E-state index is 0.133. The largest absolute Gasteiger partial charge is 0.379 e. The SMILES string of the molecule is Cn1c2c(nc(N)c1=O)CCCCC2. The van der Waals surface area contributed by atoms with Gasteiger partial charge in [-0.15, -0.1) is 0 Å². The highest BCUT2D eigenvalue weighted by Crippen LogP contribution is 2.17. The lowest BCUT2D eigenvalue weighted by molar-refractivity contribution is 0.691. The van der Waals surface area contributed by atoms with Gasteiger partial charge in [0.1, 0.15) is 0 Å². The van der Waals surface area contributed by atoms with Crippen LogP contribution >= 0.6 is 0 Å². The summed E-state index contributed by atoms with van der Waals surface area (Å²) in [6.45, 7) is 0. The molecule has 0 amide bonds. The Morgan fingerprint density at radius 2 is 2.00 bits per heavy atom. The minimum Gasteiger partial charge on any atom is -0.379 e. The zero-order valence-electron chi connectivity index (χ0n) is 8.42. The van der Waals surface area contributed by atoms with E-state index in [0.29, 0.717) is 0 Å². The van der Waals surface area contributed by atoms with Crippen LogP contribution < -0.4 is 11.3 Å². The van der Waals surface area contributed by atoms with E-state index in [9.17, 15) is 4.79 Å². The van der Waals surface area contributed by atoms with Crippen molar-refractivity contribution in [2.75, 3.05) is 5.73 Å². The number of nitrogen functional groups attached to an aromatic ring is 1. The molecule has 1 aromatic heterocycles. The van der Waals surface area contributed by atoms with Crippen LogP contribution in [0.3, 0.4) is 0 Å². The molecule has 4 heteroatoms. The molecule has 0 aliphatic heterocycles. The predicted octanol–water partition coefficient (Wildman–Crippen LogP) is 0.631. The fourth-order valence-corrected chi connectivity index (χ4v) is 2.02. The Balaban J connectivity index is 2.61. The minimum atomic E-state index is -0.161. The smallest absolute Gasteiger partial charge is 0.293 e. The molecule has 2 N–H and O–H groups in total.